The molecule has 0 atom stereocenters. The topological polar surface area (TPSA) is 89.5 Å². The second kappa shape index (κ2) is 8.61. The number of halogens is 1. The highest BCUT2D eigenvalue weighted by molar-refractivity contribution is 6.29. The van der Waals surface area contributed by atoms with Crippen molar-refractivity contribution in [2.45, 2.75) is 13.3 Å². The van der Waals surface area contributed by atoms with Crippen LogP contribution in [0.3, 0.4) is 0 Å². The molecule has 0 radical (unpaired) electrons. The van der Waals surface area contributed by atoms with Crippen molar-refractivity contribution in [1.82, 2.24) is 24.7 Å². The van der Waals surface area contributed by atoms with E-state index in [1.165, 1.54) is 0 Å². The van der Waals surface area contributed by atoms with Gasteiger partial charge < -0.3 is 4.74 Å². The third-order valence-corrected chi connectivity index (χ3v) is 4.32. The van der Waals surface area contributed by atoms with E-state index in [2.05, 4.69) is 20.1 Å². The number of nitrogens with zero attached hydrogens (tertiary/aromatic N) is 6. The Morgan fingerprint density at radius 1 is 1.00 bits per heavy atom. The van der Waals surface area contributed by atoms with E-state index in [0.29, 0.717) is 29.1 Å². The summed E-state index contributed by atoms with van der Waals surface area (Å²) in [5.41, 5.74) is 2.82. The van der Waals surface area contributed by atoms with Crippen LogP contribution in [0.4, 0.5) is 0 Å². The van der Waals surface area contributed by atoms with Crippen molar-refractivity contribution in [3.8, 4) is 28.8 Å². The number of pyridine rings is 2. The van der Waals surface area contributed by atoms with Crippen LogP contribution in [0.1, 0.15) is 11.3 Å². The molecule has 7 nitrogen and oxygen atoms in total. The molecule has 0 N–H and O–H groups in total. The predicted octanol–water partition coefficient (Wildman–Crippen LogP) is 4.10. The number of ether oxygens (including phenoxy) is 1. The predicted molar refractivity (Wildman–Crippen MR) is 107 cm³/mol. The van der Waals surface area contributed by atoms with Gasteiger partial charge in [0, 0.05) is 23.5 Å². The van der Waals surface area contributed by atoms with Crippen LogP contribution in [0.5, 0.6) is 0 Å². The third kappa shape index (κ3) is 4.46. The number of rotatable bonds is 6. The highest BCUT2D eigenvalue weighted by Gasteiger charge is 2.15. The molecule has 1 aromatic carbocycles. The number of hydrogen-bond acceptors (Lipinski definition) is 6. The molecule has 142 valence electrons. The van der Waals surface area contributed by atoms with Gasteiger partial charge in [-0.2, -0.15) is 5.26 Å². The highest BCUT2D eigenvalue weighted by Crippen LogP contribution is 2.24. The minimum absolute atomic E-state index is 0.195. The Bertz CT molecular complexity index is 1170. The maximum atomic E-state index is 9.16. The molecule has 0 saturated carbocycles. The van der Waals surface area contributed by atoms with Gasteiger partial charge in [0.05, 0.1) is 6.61 Å². The van der Waals surface area contributed by atoms with Gasteiger partial charge in [-0.25, -0.2) is 19.6 Å². The number of hydrogen-bond donors (Lipinski definition) is 0. The smallest absolute Gasteiger partial charge is 0.182 e. The molecule has 0 unspecified atom stereocenters. The molecule has 0 aliphatic carbocycles. The van der Waals surface area contributed by atoms with Crippen LogP contribution in [-0.4, -0.2) is 24.7 Å². The molecule has 0 aliphatic heterocycles. The fourth-order valence-electron chi connectivity index (χ4n) is 2.76. The molecule has 0 saturated heterocycles. The Labute approximate surface area is 172 Å². The van der Waals surface area contributed by atoms with Crippen molar-refractivity contribution in [3.05, 3.63) is 83.4 Å². The van der Waals surface area contributed by atoms with Gasteiger partial charge in [-0.1, -0.05) is 41.9 Å². The molecule has 0 aliphatic rings. The average Bonchev–Trinajstić information content (AvgIpc) is 3.19. The Kier molecular flexibility index (Phi) is 5.56. The summed E-state index contributed by atoms with van der Waals surface area (Å²) < 4.78 is 7.49. The van der Waals surface area contributed by atoms with Crippen LogP contribution >= 0.6 is 11.6 Å². The van der Waals surface area contributed by atoms with E-state index in [4.69, 9.17) is 21.6 Å². The first-order valence-electron chi connectivity index (χ1n) is 8.78. The molecule has 0 spiro atoms. The molecule has 8 heteroatoms. The number of nitriles is 1. The molecule has 3 aromatic heterocycles. The van der Waals surface area contributed by atoms with Crippen LogP contribution in [0.15, 0.2) is 67.0 Å². The molecule has 29 heavy (non-hydrogen) atoms. The van der Waals surface area contributed by atoms with E-state index in [-0.39, 0.29) is 6.73 Å². The summed E-state index contributed by atoms with van der Waals surface area (Å²) in [6, 6.07) is 18.8. The SMILES string of the molecule is N#Cc1cc(-c2nc(-c3ccnc(Cl)c3)nn2COCc2ccccc2)ccn1. The van der Waals surface area contributed by atoms with Crippen molar-refractivity contribution in [1.29, 1.82) is 5.26 Å². The monoisotopic (exact) mass is 402 g/mol. The average molecular weight is 403 g/mol. The Balaban J connectivity index is 1.66. The number of aromatic nitrogens is 5. The van der Waals surface area contributed by atoms with Crippen LogP contribution in [0, 0.1) is 11.3 Å². The molecule has 0 amide bonds. The third-order valence-electron chi connectivity index (χ3n) is 4.11. The van der Waals surface area contributed by atoms with Gasteiger partial charge in [-0.05, 0) is 29.8 Å². The van der Waals surface area contributed by atoms with Gasteiger partial charge in [0.1, 0.15) is 23.6 Å². The maximum Gasteiger partial charge on any atom is 0.182 e. The van der Waals surface area contributed by atoms with Gasteiger partial charge in [0.25, 0.3) is 0 Å². The van der Waals surface area contributed by atoms with E-state index in [1.807, 2.05) is 36.4 Å². The van der Waals surface area contributed by atoms with Gasteiger partial charge in [-0.15, -0.1) is 5.10 Å². The Morgan fingerprint density at radius 2 is 1.79 bits per heavy atom. The lowest BCUT2D eigenvalue weighted by Gasteiger charge is -2.07. The Hall–Kier alpha value is -3.60. The fraction of sp³-hybridized carbons (Fsp3) is 0.0952. The highest BCUT2D eigenvalue weighted by atomic mass is 35.5. The summed E-state index contributed by atoms with van der Waals surface area (Å²) in [5.74, 6) is 1.06. The van der Waals surface area contributed by atoms with Crippen LogP contribution in [0.25, 0.3) is 22.8 Å². The summed E-state index contributed by atoms with van der Waals surface area (Å²) >= 11 is 6.01. The van der Waals surface area contributed by atoms with Crippen molar-refractivity contribution < 1.29 is 4.74 Å². The second-order valence-electron chi connectivity index (χ2n) is 6.13. The van der Waals surface area contributed by atoms with E-state index >= 15 is 0 Å². The van der Waals surface area contributed by atoms with Crippen LogP contribution in [-0.2, 0) is 18.1 Å². The van der Waals surface area contributed by atoms with Crippen molar-refractivity contribution in [3.63, 3.8) is 0 Å². The standard InChI is InChI=1S/C21H15ClN6O/c22-19-11-16(6-9-25-19)20-26-21(17-7-8-24-18(10-17)12-23)28(27-20)14-29-13-15-4-2-1-3-5-15/h1-11H,13-14H2. The zero-order valence-corrected chi connectivity index (χ0v) is 16.0. The largest absolute Gasteiger partial charge is 0.354 e. The van der Waals surface area contributed by atoms with Crippen LogP contribution < -0.4 is 0 Å². The van der Waals surface area contributed by atoms with E-state index in [9.17, 15) is 0 Å². The van der Waals surface area contributed by atoms with Gasteiger partial charge in [-0.3, -0.25) is 0 Å². The van der Waals surface area contributed by atoms with E-state index in [0.717, 1.165) is 16.7 Å². The lowest BCUT2D eigenvalue weighted by atomic mass is 10.2. The van der Waals surface area contributed by atoms with Gasteiger partial charge in [0.15, 0.2) is 11.6 Å². The molecular weight excluding hydrogens is 388 g/mol. The number of benzene rings is 1. The zero-order valence-electron chi connectivity index (χ0n) is 15.2. The minimum Gasteiger partial charge on any atom is -0.354 e. The minimum atomic E-state index is 0.195. The van der Waals surface area contributed by atoms with Crippen LogP contribution in [0.2, 0.25) is 5.15 Å². The summed E-state index contributed by atoms with van der Waals surface area (Å²) in [6.45, 7) is 0.636. The summed E-state index contributed by atoms with van der Waals surface area (Å²) in [5, 5.41) is 14.1. The summed E-state index contributed by atoms with van der Waals surface area (Å²) in [7, 11) is 0. The summed E-state index contributed by atoms with van der Waals surface area (Å²) in [4.78, 5) is 12.6. The van der Waals surface area contributed by atoms with Gasteiger partial charge >= 0.3 is 0 Å². The van der Waals surface area contributed by atoms with E-state index < -0.39 is 0 Å². The first-order chi connectivity index (χ1) is 14.2. The molecule has 0 fully saturated rings. The molecular formula is C21H15ClN6O. The first kappa shape index (κ1) is 18.7. The lowest BCUT2D eigenvalue weighted by molar-refractivity contribution is 0.0572. The van der Waals surface area contributed by atoms with E-state index in [1.54, 1.807) is 41.3 Å². The molecule has 3 heterocycles. The molecule has 4 aromatic rings. The molecule has 4 rings (SSSR count). The fourth-order valence-corrected chi connectivity index (χ4v) is 2.94. The Morgan fingerprint density at radius 3 is 2.59 bits per heavy atom. The summed E-state index contributed by atoms with van der Waals surface area (Å²) in [6.07, 6.45) is 3.17. The molecule has 0 bridgehead atoms. The quantitative estimate of drug-likeness (QED) is 0.451. The maximum absolute atomic E-state index is 9.16. The first-order valence-corrected chi connectivity index (χ1v) is 9.16. The normalized spacial score (nSPS) is 10.6. The van der Waals surface area contributed by atoms with Crippen molar-refractivity contribution in [2.24, 2.45) is 0 Å². The van der Waals surface area contributed by atoms with Crippen molar-refractivity contribution in [2.75, 3.05) is 0 Å². The van der Waals surface area contributed by atoms with Gasteiger partial charge in [0.2, 0.25) is 0 Å². The lowest BCUT2D eigenvalue weighted by Crippen LogP contribution is -2.07. The zero-order chi connectivity index (χ0) is 20.1. The second-order valence-corrected chi connectivity index (χ2v) is 6.52. The van der Waals surface area contributed by atoms with Crippen molar-refractivity contribution >= 4 is 11.6 Å².